The van der Waals surface area contributed by atoms with Crippen molar-refractivity contribution < 1.29 is 46.4 Å². The molecule has 0 saturated carbocycles. The van der Waals surface area contributed by atoms with Gasteiger partial charge in [-0.2, -0.15) is 13.2 Å². The van der Waals surface area contributed by atoms with Crippen LogP contribution in [0.25, 0.3) is 0 Å². The molecule has 38 heavy (non-hydrogen) atoms. The topological polar surface area (TPSA) is 84.5 Å². The number of benzene rings is 2. The maximum atomic E-state index is 13.0. The van der Waals surface area contributed by atoms with E-state index >= 15 is 0 Å². The summed E-state index contributed by atoms with van der Waals surface area (Å²) in [6.45, 7) is 3.72. The molecule has 0 aliphatic heterocycles. The van der Waals surface area contributed by atoms with Crippen molar-refractivity contribution in [1.29, 1.82) is 0 Å². The molecule has 2 aromatic rings. The van der Waals surface area contributed by atoms with Gasteiger partial charge in [-0.05, 0) is 30.3 Å². The van der Waals surface area contributed by atoms with Gasteiger partial charge in [0, 0.05) is 5.69 Å². The fourth-order valence-corrected chi connectivity index (χ4v) is 2.98. The van der Waals surface area contributed by atoms with Crippen molar-refractivity contribution in [3.05, 3.63) is 59.7 Å². The Morgan fingerprint density at radius 2 is 1.32 bits per heavy atom. The van der Waals surface area contributed by atoms with E-state index < -0.39 is 17.7 Å². The number of hydrogen-bond donors (Lipinski definition) is 1. The van der Waals surface area contributed by atoms with Crippen LogP contribution in [0.1, 0.15) is 15.9 Å². The predicted molar refractivity (Wildman–Crippen MR) is 134 cm³/mol. The molecule has 0 aliphatic rings. The van der Waals surface area contributed by atoms with Crippen molar-refractivity contribution in [2.24, 2.45) is 0 Å². The number of esters is 1. The third kappa shape index (κ3) is 12.9. The molecule has 0 bridgehead atoms. The molecule has 208 valence electrons. The number of carbonyl (C=O) groups is 1. The first-order valence-electron chi connectivity index (χ1n) is 11.9. The quantitative estimate of drug-likeness (QED) is 0.161. The van der Waals surface area contributed by atoms with E-state index in [-0.39, 0.29) is 31.1 Å². The highest BCUT2D eigenvalue weighted by Crippen LogP contribution is 2.32. The lowest BCUT2D eigenvalue weighted by molar-refractivity contribution is -0.137. The van der Waals surface area contributed by atoms with Crippen LogP contribution in [0, 0.1) is 12.3 Å². The Hall–Kier alpha value is -3.14. The SMILES string of the molecule is C#CCOCCOCCOCCOCCOCCOC(=O)c1ccccc1Nc1cccc(C(F)(F)F)c1. The molecule has 1 N–H and O–H groups in total. The number of para-hydroxylation sites is 1. The minimum absolute atomic E-state index is 0.00755. The molecule has 0 atom stereocenters. The molecule has 0 heterocycles. The van der Waals surface area contributed by atoms with Gasteiger partial charge in [-0.25, -0.2) is 4.79 Å². The molecule has 0 fully saturated rings. The Labute approximate surface area is 220 Å². The van der Waals surface area contributed by atoms with Crippen molar-refractivity contribution in [3.63, 3.8) is 0 Å². The average Bonchev–Trinajstić information content (AvgIpc) is 2.90. The van der Waals surface area contributed by atoms with Gasteiger partial charge in [0.2, 0.25) is 0 Å². The number of anilines is 2. The lowest BCUT2D eigenvalue weighted by Crippen LogP contribution is -2.15. The number of hydrogen-bond acceptors (Lipinski definition) is 8. The first-order valence-corrected chi connectivity index (χ1v) is 11.9. The molecule has 2 aromatic carbocycles. The van der Waals surface area contributed by atoms with Gasteiger partial charge >= 0.3 is 12.1 Å². The molecule has 0 saturated heterocycles. The van der Waals surface area contributed by atoms with Gasteiger partial charge in [0.1, 0.15) is 13.2 Å². The maximum absolute atomic E-state index is 13.0. The van der Waals surface area contributed by atoms with Crippen LogP contribution in [0.5, 0.6) is 0 Å². The van der Waals surface area contributed by atoms with Crippen LogP contribution in [-0.4, -0.2) is 78.6 Å². The molecular weight excluding hydrogens is 507 g/mol. The molecule has 0 aromatic heterocycles. The van der Waals surface area contributed by atoms with Crippen LogP contribution in [0.3, 0.4) is 0 Å². The first kappa shape index (κ1) is 31.1. The highest BCUT2D eigenvalue weighted by molar-refractivity contribution is 5.96. The van der Waals surface area contributed by atoms with Crippen LogP contribution < -0.4 is 5.32 Å². The van der Waals surface area contributed by atoms with Crippen molar-refractivity contribution in [2.75, 3.05) is 78.0 Å². The van der Waals surface area contributed by atoms with E-state index in [2.05, 4.69) is 11.2 Å². The fraction of sp³-hybridized carbons (Fsp3) is 0.444. The van der Waals surface area contributed by atoms with Crippen molar-refractivity contribution in [2.45, 2.75) is 6.18 Å². The van der Waals surface area contributed by atoms with E-state index in [1.54, 1.807) is 18.2 Å². The third-order valence-electron chi connectivity index (χ3n) is 4.75. The number of nitrogens with one attached hydrogen (secondary N) is 1. The van der Waals surface area contributed by atoms with Crippen LogP contribution in [0.15, 0.2) is 48.5 Å². The lowest BCUT2D eigenvalue weighted by Gasteiger charge is -2.13. The van der Waals surface area contributed by atoms with Crippen LogP contribution in [0.2, 0.25) is 0 Å². The number of carbonyl (C=O) groups excluding carboxylic acids is 1. The zero-order valence-electron chi connectivity index (χ0n) is 21.0. The number of terminal acetylenes is 1. The summed E-state index contributed by atoms with van der Waals surface area (Å²) < 4.78 is 70.6. The molecular formula is C27H32F3NO7. The smallest absolute Gasteiger partial charge is 0.416 e. The number of halogens is 3. The zero-order valence-corrected chi connectivity index (χ0v) is 21.0. The van der Waals surface area contributed by atoms with E-state index in [1.807, 2.05) is 0 Å². The number of rotatable bonds is 19. The third-order valence-corrected chi connectivity index (χ3v) is 4.75. The van der Waals surface area contributed by atoms with Crippen molar-refractivity contribution >= 4 is 17.3 Å². The van der Waals surface area contributed by atoms with Gasteiger partial charge in [0.05, 0.1) is 76.3 Å². The van der Waals surface area contributed by atoms with Gasteiger partial charge in [-0.15, -0.1) is 6.42 Å². The summed E-state index contributed by atoms with van der Waals surface area (Å²) in [5, 5.41) is 2.85. The second kappa shape index (κ2) is 18.2. The molecule has 0 aliphatic carbocycles. The first-order chi connectivity index (χ1) is 18.4. The fourth-order valence-electron chi connectivity index (χ4n) is 2.98. The van der Waals surface area contributed by atoms with E-state index in [1.165, 1.54) is 18.2 Å². The van der Waals surface area contributed by atoms with Gasteiger partial charge in [-0.3, -0.25) is 0 Å². The Morgan fingerprint density at radius 1 is 0.763 bits per heavy atom. The van der Waals surface area contributed by atoms with Crippen LogP contribution in [-0.2, 0) is 34.6 Å². The average molecular weight is 540 g/mol. The Kier molecular flexibility index (Phi) is 14.9. The Bertz CT molecular complexity index is 995. The lowest BCUT2D eigenvalue weighted by atomic mass is 10.1. The normalized spacial score (nSPS) is 11.2. The summed E-state index contributed by atoms with van der Waals surface area (Å²) in [4.78, 5) is 12.5. The van der Waals surface area contributed by atoms with E-state index in [0.717, 1.165) is 12.1 Å². The Morgan fingerprint density at radius 3 is 1.89 bits per heavy atom. The number of alkyl halides is 3. The standard InChI is InChI=1S/C27H32F3NO7/c1-2-10-33-11-12-34-13-14-35-15-16-36-17-18-37-19-20-38-26(32)24-8-3-4-9-25(24)31-23-7-5-6-22(21-23)27(28,29)30/h1,3-9,21,31H,10-20H2. The number of ether oxygens (including phenoxy) is 6. The molecule has 8 nitrogen and oxygen atoms in total. The molecule has 2 rings (SSSR count). The maximum Gasteiger partial charge on any atom is 0.416 e. The molecule has 0 unspecified atom stereocenters. The van der Waals surface area contributed by atoms with Gasteiger partial charge < -0.3 is 33.7 Å². The largest absolute Gasteiger partial charge is 0.460 e. The van der Waals surface area contributed by atoms with E-state index in [9.17, 15) is 18.0 Å². The summed E-state index contributed by atoms with van der Waals surface area (Å²) in [6, 6.07) is 11.1. The van der Waals surface area contributed by atoms with Crippen molar-refractivity contribution in [3.8, 4) is 12.3 Å². The Balaban J connectivity index is 1.55. The minimum atomic E-state index is -4.47. The monoisotopic (exact) mass is 539 g/mol. The zero-order chi connectivity index (χ0) is 27.5. The van der Waals surface area contributed by atoms with E-state index in [0.29, 0.717) is 58.5 Å². The van der Waals surface area contributed by atoms with Gasteiger partial charge in [0.25, 0.3) is 0 Å². The molecule has 11 heteroatoms. The van der Waals surface area contributed by atoms with Gasteiger partial charge in [-0.1, -0.05) is 24.1 Å². The highest BCUT2D eigenvalue weighted by Gasteiger charge is 2.30. The summed E-state index contributed by atoms with van der Waals surface area (Å²) in [5.74, 6) is 1.75. The second-order valence-corrected chi connectivity index (χ2v) is 7.59. The molecule has 0 radical (unpaired) electrons. The predicted octanol–water partition coefficient (Wildman–Crippen LogP) is 4.32. The second-order valence-electron chi connectivity index (χ2n) is 7.59. The summed E-state index contributed by atoms with van der Waals surface area (Å²) in [5.41, 5.74) is -0.0746. The summed E-state index contributed by atoms with van der Waals surface area (Å²) in [7, 11) is 0. The molecule has 0 amide bonds. The van der Waals surface area contributed by atoms with Crippen LogP contribution >= 0.6 is 0 Å². The summed E-state index contributed by atoms with van der Waals surface area (Å²) >= 11 is 0. The van der Waals surface area contributed by atoms with Crippen molar-refractivity contribution in [1.82, 2.24) is 0 Å². The molecule has 0 spiro atoms. The summed E-state index contributed by atoms with van der Waals surface area (Å²) in [6.07, 6.45) is 0.590. The van der Waals surface area contributed by atoms with Crippen LogP contribution in [0.4, 0.5) is 24.5 Å². The minimum Gasteiger partial charge on any atom is -0.460 e. The highest BCUT2D eigenvalue weighted by atomic mass is 19.4. The van der Waals surface area contributed by atoms with Gasteiger partial charge in [0.15, 0.2) is 0 Å². The van der Waals surface area contributed by atoms with E-state index in [4.69, 9.17) is 34.8 Å².